The molecule has 0 spiro atoms. The van der Waals surface area contributed by atoms with Crippen LogP contribution in [0.25, 0.3) is 6.08 Å². The van der Waals surface area contributed by atoms with Crippen molar-refractivity contribution in [2.24, 2.45) is 0 Å². The summed E-state index contributed by atoms with van der Waals surface area (Å²) in [6.45, 7) is 0.0224. The number of allylic oxidation sites excluding steroid dienone is 1. The van der Waals surface area contributed by atoms with Crippen LogP contribution in [-0.2, 0) is 6.61 Å². The highest BCUT2D eigenvalue weighted by molar-refractivity contribution is 9.09. The van der Waals surface area contributed by atoms with E-state index in [1.807, 2.05) is 18.2 Å². The molecule has 0 aliphatic rings. The molecule has 0 saturated heterocycles. The molecule has 1 nitrogen and oxygen atoms in total. The molecular weight excluding hydrogens is 263 g/mol. The van der Waals surface area contributed by atoms with Crippen LogP contribution >= 0.6 is 27.5 Å². The summed E-state index contributed by atoms with van der Waals surface area (Å²) in [6.07, 6.45) is 5.05. The first-order valence-corrected chi connectivity index (χ1v) is 5.89. The topological polar surface area (TPSA) is 20.2 Å². The van der Waals surface area contributed by atoms with Gasteiger partial charge in [-0.25, -0.2) is 0 Å². The first-order valence-electron chi connectivity index (χ1n) is 4.39. The Kier molecular flexibility index (Phi) is 5.23. The SMILES string of the molecule is OCc1cc(Cl)ccc1C=CCCBr. The molecule has 0 amide bonds. The lowest BCUT2D eigenvalue weighted by Gasteiger charge is -2.02. The molecule has 1 rings (SSSR count). The van der Waals surface area contributed by atoms with Crippen LogP contribution in [0.1, 0.15) is 17.5 Å². The molecule has 14 heavy (non-hydrogen) atoms. The maximum absolute atomic E-state index is 9.10. The van der Waals surface area contributed by atoms with Crippen LogP contribution in [-0.4, -0.2) is 10.4 Å². The number of hydrogen-bond acceptors (Lipinski definition) is 1. The zero-order valence-corrected chi connectivity index (χ0v) is 10.1. The van der Waals surface area contributed by atoms with Gasteiger partial charge in [-0.3, -0.25) is 0 Å². The van der Waals surface area contributed by atoms with Crippen molar-refractivity contribution in [1.29, 1.82) is 0 Å². The van der Waals surface area contributed by atoms with Gasteiger partial charge in [0.25, 0.3) is 0 Å². The number of aliphatic hydroxyl groups excluding tert-OH is 1. The lowest BCUT2D eigenvalue weighted by molar-refractivity contribution is 0.281. The highest BCUT2D eigenvalue weighted by Crippen LogP contribution is 2.17. The van der Waals surface area contributed by atoms with Crippen molar-refractivity contribution in [2.45, 2.75) is 13.0 Å². The molecule has 1 N–H and O–H groups in total. The predicted molar refractivity (Wildman–Crippen MR) is 64.8 cm³/mol. The van der Waals surface area contributed by atoms with E-state index in [0.717, 1.165) is 22.9 Å². The molecule has 1 aromatic rings. The van der Waals surface area contributed by atoms with E-state index in [1.54, 1.807) is 6.07 Å². The molecule has 0 saturated carbocycles. The first-order chi connectivity index (χ1) is 6.77. The maximum Gasteiger partial charge on any atom is 0.0688 e. The minimum absolute atomic E-state index is 0.0224. The van der Waals surface area contributed by atoms with Gasteiger partial charge in [0, 0.05) is 10.4 Å². The Morgan fingerprint density at radius 2 is 2.21 bits per heavy atom. The van der Waals surface area contributed by atoms with Crippen molar-refractivity contribution in [3.63, 3.8) is 0 Å². The fourth-order valence-corrected chi connectivity index (χ4v) is 1.61. The van der Waals surface area contributed by atoms with E-state index in [1.165, 1.54) is 0 Å². The second kappa shape index (κ2) is 6.23. The normalized spacial score (nSPS) is 11.1. The lowest BCUT2D eigenvalue weighted by atomic mass is 10.1. The summed E-state index contributed by atoms with van der Waals surface area (Å²) < 4.78 is 0. The summed E-state index contributed by atoms with van der Waals surface area (Å²) in [5.74, 6) is 0. The van der Waals surface area contributed by atoms with Gasteiger partial charge in [-0.15, -0.1) is 0 Å². The zero-order chi connectivity index (χ0) is 10.4. The third kappa shape index (κ3) is 3.45. The van der Waals surface area contributed by atoms with Crippen LogP contribution in [0, 0.1) is 0 Å². The van der Waals surface area contributed by atoms with Crippen LogP contribution in [0.4, 0.5) is 0 Å². The standard InChI is InChI=1S/C11H12BrClO/c12-6-2-1-3-9-4-5-11(13)7-10(9)8-14/h1,3-5,7,14H,2,6,8H2. The summed E-state index contributed by atoms with van der Waals surface area (Å²) in [5, 5.41) is 10.7. The molecule has 0 aliphatic carbocycles. The number of benzene rings is 1. The fourth-order valence-electron chi connectivity index (χ4n) is 1.15. The van der Waals surface area contributed by atoms with Gasteiger partial charge in [0.1, 0.15) is 0 Å². The van der Waals surface area contributed by atoms with Crippen LogP contribution in [0.15, 0.2) is 24.3 Å². The maximum atomic E-state index is 9.10. The Morgan fingerprint density at radius 3 is 2.86 bits per heavy atom. The van der Waals surface area contributed by atoms with Gasteiger partial charge in [0.15, 0.2) is 0 Å². The Labute approximate surface area is 97.5 Å². The van der Waals surface area contributed by atoms with Crippen molar-refractivity contribution in [1.82, 2.24) is 0 Å². The minimum Gasteiger partial charge on any atom is -0.392 e. The Morgan fingerprint density at radius 1 is 1.43 bits per heavy atom. The molecule has 0 heterocycles. The van der Waals surface area contributed by atoms with E-state index in [4.69, 9.17) is 16.7 Å². The molecule has 0 bridgehead atoms. The van der Waals surface area contributed by atoms with E-state index in [-0.39, 0.29) is 6.61 Å². The molecule has 3 heteroatoms. The molecule has 0 fully saturated rings. The fraction of sp³-hybridized carbons (Fsp3) is 0.273. The van der Waals surface area contributed by atoms with E-state index < -0.39 is 0 Å². The minimum atomic E-state index is 0.0224. The zero-order valence-electron chi connectivity index (χ0n) is 7.71. The third-order valence-corrected chi connectivity index (χ3v) is 2.54. The average Bonchev–Trinajstić information content (AvgIpc) is 2.20. The van der Waals surface area contributed by atoms with E-state index in [0.29, 0.717) is 5.02 Å². The van der Waals surface area contributed by atoms with Gasteiger partial charge in [-0.1, -0.05) is 45.7 Å². The van der Waals surface area contributed by atoms with Gasteiger partial charge >= 0.3 is 0 Å². The van der Waals surface area contributed by atoms with Gasteiger partial charge in [0.05, 0.1) is 6.61 Å². The summed E-state index contributed by atoms with van der Waals surface area (Å²) in [4.78, 5) is 0. The summed E-state index contributed by atoms with van der Waals surface area (Å²) in [6, 6.07) is 5.53. The van der Waals surface area contributed by atoms with E-state index in [9.17, 15) is 0 Å². The quantitative estimate of drug-likeness (QED) is 0.832. The summed E-state index contributed by atoms with van der Waals surface area (Å²) in [7, 11) is 0. The number of halogens is 2. The molecule has 76 valence electrons. The largest absolute Gasteiger partial charge is 0.392 e. The molecule has 0 unspecified atom stereocenters. The number of aliphatic hydroxyl groups is 1. The predicted octanol–water partition coefficient (Wildman–Crippen LogP) is 3.63. The van der Waals surface area contributed by atoms with Crippen molar-refractivity contribution in [2.75, 3.05) is 5.33 Å². The first kappa shape index (κ1) is 11.8. The number of rotatable bonds is 4. The molecule has 1 aromatic carbocycles. The van der Waals surface area contributed by atoms with Gasteiger partial charge in [0.2, 0.25) is 0 Å². The average molecular weight is 276 g/mol. The second-order valence-electron chi connectivity index (χ2n) is 2.88. The van der Waals surface area contributed by atoms with Gasteiger partial charge in [-0.05, 0) is 29.7 Å². The van der Waals surface area contributed by atoms with Crippen LogP contribution in [0.5, 0.6) is 0 Å². The van der Waals surface area contributed by atoms with Crippen molar-refractivity contribution in [3.8, 4) is 0 Å². The lowest BCUT2D eigenvalue weighted by Crippen LogP contribution is -1.87. The van der Waals surface area contributed by atoms with Crippen molar-refractivity contribution >= 4 is 33.6 Å². The smallest absolute Gasteiger partial charge is 0.0688 e. The number of hydrogen-bond donors (Lipinski definition) is 1. The van der Waals surface area contributed by atoms with Gasteiger partial charge < -0.3 is 5.11 Å². The molecule has 0 aromatic heterocycles. The van der Waals surface area contributed by atoms with E-state index >= 15 is 0 Å². The summed E-state index contributed by atoms with van der Waals surface area (Å²) >= 11 is 9.16. The number of alkyl halides is 1. The molecule has 0 aliphatic heterocycles. The molecule has 0 atom stereocenters. The van der Waals surface area contributed by atoms with Crippen LogP contribution in [0.3, 0.4) is 0 Å². The third-order valence-electron chi connectivity index (χ3n) is 1.85. The highest BCUT2D eigenvalue weighted by atomic mass is 79.9. The van der Waals surface area contributed by atoms with Gasteiger partial charge in [-0.2, -0.15) is 0 Å². The monoisotopic (exact) mass is 274 g/mol. The van der Waals surface area contributed by atoms with Crippen LogP contribution < -0.4 is 0 Å². The summed E-state index contributed by atoms with van der Waals surface area (Å²) in [5.41, 5.74) is 1.89. The van der Waals surface area contributed by atoms with Crippen molar-refractivity contribution < 1.29 is 5.11 Å². The Hall–Kier alpha value is -0.310. The van der Waals surface area contributed by atoms with Crippen molar-refractivity contribution in [3.05, 3.63) is 40.4 Å². The Balaban J connectivity index is 2.85. The highest BCUT2D eigenvalue weighted by Gasteiger charge is 1.98. The van der Waals surface area contributed by atoms with E-state index in [2.05, 4.69) is 22.0 Å². The Bertz CT molecular complexity index is 323. The second-order valence-corrected chi connectivity index (χ2v) is 4.11. The molecule has 0 radical (unpaired) electrons. The molecular formula is C11H12BrClO. The van der Waals surface area contributed by atoms with Crippen LogP contribution in [0.2, 0.25) is 5.02 Å².